The third-order valence-corrected chi connectivity index (χ3v) is 2.99. The lowest BCUT2D eigenvalue weighted by atomic mass is 10.2. The Bertz CT molecular complexity index is 476. The predicted octanol–water partition coefficient (Wildman–Crippen LogP) is -0.273. The zero-order valence-electron chi connectivity index (χ0n) is 11.6. The second-order valence-electron chi connectivity index (χ2n) is 4.46. The van der Waals surface area contributed by atoms with Gasteiger partial charge in [0.2, 0.25) is 17.7 Å². The summed E-state index contributed by atoms with van der Waals surface area (Å²) in [6, 6.07) is 1.19. The van der Waals surface area contributed by atoms with E-state index in [0.717, 1.165) is 0 Å². The van der Waals surface area contributed by atoms with E-state index in [9.17, 15) is 4.79 Å². The summed E-state index contributed by atoms with van der Waals surface area (Å²) in [5.41, 5.74) is 5.58. The van der Waals surface area contributed by atoms with Gasteiger partial charge >= 0.3 is 0 Å². The normalized spacial score (nSPS) is 16.6. The highest BCUT2D eigenvalue weighted by molar-refractivity contribution is 5.84. The lowest BCUT2D eigenvalue weighted by Crippen LogP contribution is -2.47. The molecule has 2 rings (SSSR count). The van der Waals surface area contributed by atoms with Crippen molar-refractivity contribution < 1.29 is 14.3 Å². The molecule has 0 radical (unpaired) electrons. The standard InChI is InChI=1S/C12H19N5O3/c1-8(11(18)17-3-5-20-6-4-17)14-9-7-10(19-2)16-12(13)15-9/h7-8H,3-6H2,1-2H3,(H3,13,14,15,16). The van der Waals surface area contributed by atoms with Crippen LogP contribution < -0.4 is 15.8 Å². The van der Waals surface area contributed by atoms with Crippen LogP contribution in [0.2, 0.25) is 0 Å². The van der Waals surface area contributed by atoms with Gasteiger partial charge in [0.05, 0.1) is 20.3 Å². The minimum absolute atomic E-state index is 0.00412. The maximum Gasteiger partial charge on any atom is 0.244 e. The molecule has 2 heterocycles. The first kappa shape index (κ1) is 14.3. The van der Waals surface area contributed by atoms with E-state index in [1.807, 2.05) is 0 Å². The first-order valence-corrected chi connectivity index (χ1v) is 6.42. The lowest BCUT2D eigenvalue weighted by Gasteiger charge is -2.29. The van der Waals surface area contributed by atoms with Gasteiger partial charge in [0.1, 0.15) is 11.9 Å². The van der Waals surface area contributed by atoms with Gasteiger partial charge in [-0.3, -0.25) is 4.79 Å². The zero-order chi connectivity index (χ0) is 14.5. The molecule has 0 aromatic carbocycles. The number of rotatable bonds is 4. The van der Waals surface area contributed by atoms with Gasteiger partial charge < -0.3 is 25.4 Å². The van der Waals surface area contributed by atoms with E-state index in [0.29, 0.717) is 38.0 Å². The van der Waals surface area contributed by atoms with E-state index in [-0.39, 0.29) is 11.9 Å². The third-order valence-electron chi connectivity index (χ3n) is 2.99. The van der Waals surface area contributed by atoms with Crippen LogP contribution in [0.3, 0.4) is 0 Å². The molecule has 1 fully saturated rings. The molecule has 3 N–H and O–H groups in total. The molecule has 0 saturated carbocycles. The molecule has 0 spiro atoms. The van der Waals surface area contributed by atoms with Crippen LogP contribution in [0.25, 0.3) is 0 Å². The van der Waals surface area contributed by atoms with E-state index >= 15 is 0 Å². The second kappa shape index (κ2) is 6.38. The Morgan fingerprint density at radius 2 is 2.20 bits per heavy atom. The third kappa shape index (κ3) is 3.47. The maximum atomic E-state index is 12.2. The van der Waals surface area contributed by atoms with Crippen LogP contribution in [0.1, 0.15) is 6.92 Å². The van der Waals surface area contributed by atoms with Gasteiger partial charge in [-0.25, -0.2) is 0 Å². The number of amides is 1. The molecule has 8 heteroatoms. The lowest BCUT2D eigenvalue weighted by molar-refractivity contribution is -0.135. The van der Waals surface area contributed by atoms with E-state index in [4.69, 9.17) is 15.2 Å². The summed E-state index contributed by atoms with van der Waals surface area (Å²) in [6.45, 7) is 4.15. The number of methoxy groups -OCH3 is 1. The minimum atomic E-state index is -0.410. The number of nitrogens with zero attached hydrogens (tertiary/aromatic N) is 3. The monoisotopic (exact) mass is 281 g/mol. The number of anilines is 2. The number of aromatic nitrogens is 2. The van der Waals surface area contributed by atoms with Crippen LogP contribution >= 0.6 is 0 Å². The molecular weight excluding hydrogens is 262 g/mol. The molecular formula is C12H19N5O3. The summed E-state index contributed by atoms with van der Waals surface area (Å²) in [6.07, 6.45) is 0. The van der Waals surface area contributed by atoms with Crippen molar-refractivity contribution >= 4 is 17.7 Å². The summed E-state index contributed by atoms with van der Waals surface area (Å²) in [4.78, 5) is 21.9. The molecule has 20 heavy (non-hydrogen) atoms. The van der Waals surface area contributed by atoms with Gasteiger partial charge in [-0.15, -0.1) is 0 Å². The molecule has 1 aliphatic rings. The fourth-order valence-corrected chi connectivity index (χ4v) is 1.96. The fourth-order valence-electron chi connectivity index (χ4n) is 1.96. The number of nitrogens with one attached hydrogen (secondary N) is 1. The van der Waals surface area contributed by atoms with Crippen molar-refractivity contribution in [3.63, 3.8) is 0 Å². The van der Waals surface area contributed by atoms with Gasteiger partial charge in [-0.05, 0) is 6.92 Å². The molecule has 1 aromatic heterocycles. The van der Waals surface area contributed by atoms with Crippen molar-refractivity contribution in [2.75, 3.05) is 44.5 Å². The van der Waals surface area contributed by atoms with Crippen molar-refractivity contribution in [3.05, 3.63) is 6.07 Å². The Hall–Kier alpha value is -2.09. The Balaban J connectivity index is 2.01. The molecule has 0 bridgehead atoms. The molecule has 1 unspecified atom stereocenters. The predicted molar refractivity (Wildman–Crippen MR) is 73.5 cm³/mol. The van der Waals surface area contributed by atoms with Crippen molar-refractivity contribution in [1.82, 2.24) is 14.9 Å². The quantitative estimate of drug-likeness (QED) is 0.782. The molecule has 0 aliphatic carbocycles. The average Bonchev–Trinajstić information content (AvgIpc) is 2.46. The highest BCUT2D eigenvalue weighted by atomic mass is 16.5. The van der Waals surface area contributed by atoms with E-state index in [1.54, 1.807) is 17.9 Å². The topological polar surface area (TPSA) is 103 Å². The van der Waals surface area contributed by atoms with E-state index < -0.39 is 6.04 Å². The summed E-state index contributed by atoms with van der Waals surface area (Å²) < 4.78 is 10.2. The highest BCUT2D eigenvalue weighted by Crippen LogP contribution is 2.15. The van der Waals surface area contributed by atoms with Crippen LogP contribution in [0.5, 0.6) is 5.88 Å². The summed E-state index contributed by atoms with van der Waals surface area (Å²) >= 11 is 0. The van der Waals surface area contributed by atoms with Gasteiger partial charge in [0, 0.05) is 19.2 Å². The first-order chi connectivity index (χ1) is 9.60. The van der Waals surface area contributed by atoms with Crippen molar-refractivity contribution in [3.8, 4) is 5.88 Å². The number of hydrogen-bond donors (Lipinski definition) is 2. The molecule has 110 valence electrons. The van der Waals surface area contributed by atoms with Gasteiger partial charge in [0.25, 0.3) is 0 Å². The maximum absolute atomic E-state index is 12.2. The molecule has 8 nitrogen and oxygen atoms in total. The first-order valence-electron chi connectivity index (χ1n) is 6.42. The van der Waals surface area contributed by atoms with Crippen molar-refractivity contribution in [1.29, 1.82) is 0 Å². The summed E-state index contributed by atoms with van der Waals surface area (Å²) in [5, 5.41) is 3.01. The van der Waals surface area contributed by atoms with Crippen molar-refractivity contribution in [2.24, 2.45) is 0 Å². The molecule has 1 aliphatic heterocycles. The molecule has 1 saturated heterocycles. The van der Waals surface area contributed by atoms with Gasteiger partial charge in [-0.1, -0.05) is 0 Å². The fraction of sp³-hybridized carbons (Fsp3) is 0.583. The largest absolute Gasteiger partial charge is 0.481 e. The van der Waals surface area contributed by atoms with E-state index in [1.165, 1.54) is 7.11 Å². The van der Waals surface area contributed by atoms with Gasteiger partial charge in [-0.2, -0.15) is 9.97 Å². The van der Waals surface area contributed by atoms with Crippen molar-refractivity contribution in [2.45, 2.75) is 13.0 Å². The molecule has 1 amide bonds. The van der Waals surface area contributed by atoms with Crippen LogP contribution in [-0.2, 0) is 9.53 Å². The number of nitrogen functional groups attached to an aromatic ring is 1. The zero-order valence-corrected chi connectivity index (χ0v) is 11.6. The second-order valence-corrected chi connectivity index (χ2v) is 4.46. The molecule has 1 aromatic rings. The number of hydrogen-bond acceptors (Lipinski definition) is 7. The Kier molecular flexibility index (Phi) is 4.57. The van der Waals surface area contributed by atoms with E-state index in [2.05, 4.69) is 15.3 Å². The number of nitrogens with two attached hydrogens (primary N) is 1. The summed E-state index contributed by atoms with van der Waals surface area (Å²) in [5.74, 6) is 0.914. The average molecular weight is 281 g/mol. The van der Waals surface area contributed by atoms with Crippen LogP contribution in [0, 0.1) is 0 Å². The van der Waals surface area contributed by atoms with Crippen LogP contribution in [-0.4, -0.2) is 60.2 Å². The SMILES string of the molecule is COc1cc(NC(C)C(=O)N2CCOCC2)nc(N)n1. The minimum Gasteiger partial charge on any atom is -0.481 e. The summed E-state index contributed by atoms with van der Waals surface area (Å²) in [7, 11) is 1.49. The smallest absolute Gasteiger partial charge is 0.244 e. The van der Waals surface area contributed by atoms with Crippen LogP contribution in [0.15, 0.2) is 6.07 Å². The number of ether oxygens (including phenoxy) is 2. The Morgan fingerprint density at radius 1 is 1.50 bits per heavy atom. The number of morpholine rings is 1. The number of carbonyl (C=O) groups excluding carboxylic acids is 1. The Morgan fingerprint density at radius 3 is 2.85 bits per heavy atom. The Labute approximate surface area is 117 Å². The van der Waals surface area contributed by atoms with Crippen LogP contribution in [0.4, 0.5) is 11.8 Å². The highest BCUT2D eigenvalue weighted by Gasteiger charge is 2.22. The van der Waals surface area contributed by atoms with Gasteiger partial charge in [0.15, 0.2) is 0 Å². The molecule has 1 atom stereocenters. The number of carbonyl (C=O) groups is 1.